The maximum Gasteiger partial charge on any atom is 0.341 e. The van der Waals surface area contributed by atoms with E-state index in [4.69, 9.17) is 18.9 Å². The molecule has 4 rings (SSSR count). The highest BCUT2D eigenvalue weighted by atomic mass is 16.5. The minimum absolute atomic E-state index is 0.0203. The molecule has 1 N–H and O–H groups in total. The first-order valence-corrected chi connectivity index (χ1v) is 11.2. The van der Waals surface area contributed by atoms with Crippen LogP contribution in [0.5, 0.6) is 17.2 Å². The first-order chi connectivity index (χ1) is 15.7. The molecule has 0 unspecified atom stereocenters. The van der Waals surface area contributed by atoms with E-state index in [-0.39, 0.29) is 17.0 Å². The third-order valence-electron chi connectivity index (χ3n) is 5.99. The van der Waals surface area contributed by atoms with Crippen LogP contribution in [0.3, 0.4) is 0 Å². The molecule has 2 aliphatic rings. The lowest BCUT2D eigenvalue weighted by atomic mass is 9.80. The van der Waals surface area contributed by atoms with Crippen LogP contribution >= 0.6 is 0 Å². The summed E-state index contributed by atoms with van der Waals surface area (Å²) in [6.45, 7) is 7.14. The molecule has 1 fully saturated rings. The van der Waals surface area contributed by atoms with Crippen molar-refractivity contribution in [1.82, 2.24) is 4.57 Å². The van der Waals surface area contributed by atoms with Gasteiger partial charge in [0.05, 0.1) is 19.4 Å². The lowest BCUT2D eigenvalue weighted by Gasteiger charge is -2.38. The molecule has 0 bridgehead atoms. The minimum Gasteiger partial charge on any atom is -0.493 e. The summed E-state index contributed by atoms with van der Waals surface area (Å²) in [7, 11) is 3.21. The van der Waals surface area contributed by atoms with E-state index in [1.54, 1.807) is 24.9 Å². The average Bonchev–Trinajstić information content (AvgIpc) is 3.59. The Kier molecular flexibility index (Phi) is 6.14. The van der Waals surface area contributed by atoms with Gasteiger partial charge in [0.15, 0.2) is 11.5 Å². The van der Waals surface area contributed by atoms with E-state index >= 15 is 0 Å². The molecule has 2 heterocycles. The molecular weight excluding hydrogens is 426 g/mol. The number of hydrogen-bond acceptors (Lipinski definition) is 6. The van der Waals surface area contributed by atoms with E-state index in [1.165, 1.54) is 6.07 Å². The fourth-order valence-corrected chi connectivity index (χ4v) is 4.29. The third kappa shape index (κ3) is 4.31. The second-order valence-electron chi connectivity index (χ2n) is 9.63. The standard InChI is InChI=1S/C25H31NO7/c1-25(2,3)22-16-11-17(24(28)29)23(27)26(14-7-8-14)21(16)15-12-19(31-5)20(13-18(15)33-22)32-10-6-9-30-4/h11-14,22H,6-10H2,1-5H3,(H,28,29)/t22-/m0/s1. The summed E-state index contributed by atoms with van der Waals surface area (Å²) in [6, 6.07) is 5.08. The highest BCUT2D eigenvalue weighted by Gasteiger charge is 2.41. The lowest BCUT2D eigenvalue weighted by Crippen LogP contribution is -2.34. The van der Waals surface area contributed by atoms with Gasteiger partial charge in [-0.05, 0) is 25.0 Å². The van der Waals surface area contributed by atoms with Gasteiger partial charge in [0.25, 0.3) is 5.56 Å². The van der Waals surface area contributed by atoms with Crippen molar-refractivity contribution >= 4 is 5.97 Å². The number of carboxylic acids is 1. The van der Waals surface area contributed by atoms with Gasteiger partial charge in [0.2, 0.25) is 0 Å². The van der Waals surface area contributed by atoms with Gasteiger partial charge in [0.1, 0.15) is 17.4 Å². The van der Waals surface area contributed by atoms with Crippen LogP contribution in [-0.4, -0.2) is 43.1 Å². The van der Waals surface area contributed by atoms with Crippen LogP contribution in [0, 0.1) is 5.41 Å². The molecule has 1 saturated carbocycles. The van der Waals surface area contributed by atoms with Gasteiger partial charge in [0, 0.05) is 48.8 Å². The number of aromatic carboxylic acids is 1. The first kappa shape index (κ1) is 23.2. The monoisotopic (exact) mass is 457 g/mol. The molecule has 0 amide bonds. The van der Waals surface area contributed by atoms with E-state index in [0.29, 0.717) is 47.3 Å². The number of carboxylic acid groups (broad SMARTS) is 1. The zero-order chi connectivity index (χ0) is 23.9. The predicted octanol–water partition coefficient (Wildman–Crippen LogP) is 4.45. The number of nitrogens with zero attached hydrogens (tertiary/aromatic N) is 1. The summed E-state index contributed by atoms with van der Waals surface area (Å²) in [4.78, 5) is 25.1. The van der Waals surface area contributed by atoms with Crippen LogP contribution < -0.4 is 19.8 Å². The van der Waals surface area contributed by atoms with E-state index in [9.17, 15) is 14.7 Å². The van der Waals surface area contributed by atoms with Gasteiger partial charge in [-0.3, -0.25) is 4.79 Å². The smallest absolute Gasteiger partial charge is 0.341 e. The van der Waals surface area contributed by atoms with Gasteiger partial charge >= 0.3 is 5.97 Å². The SMILES string of the molecule is COCCCOc1cc2c(cc1OC)-c1c(cc(C(=O)O)c(=O)n1C1CC1)[C@@H](C(C)(C)C)O2. The van der Waals surface area contributed by atoms with Crippen LogP contribution in [0.4, 0.5) is 0 Å². The quantitative estimate of drug-likeness (QED) is 0.585. The normalized spacial score (nSPS) is 17.1. The van der Waals surface area contributed by atoms with Crippen molar-refractivity contribution < 1.29 is 28.8 Å². The summed E-state index contributed by atoms with van der Waals surface area (Å²) < 4.78 is 24.7. The molecule has 1 aromatic carbocycles. The van der Waals surface area contributed by atoms with Gasteiger partial charge in [-0.15, -0.1) is 0 Å². The Hall–Kier alpha value is -3.00. The maximum atomic E-state index is 13.2. The van der Waals surface area contributed by atoms with Gasteiger partial charge < -0.3 is 28.6 Å². The average molecular weight is 458 g/mol. The predicted molar refractivity (Wildman–Crippen MR) is 123 cm³/mol. The van der Waals surface area contributed by atoms with Crippen LogP contribution in [0.2, 0.25) is 0 Å². The molecule has 178 valence electrons. The summed E-state index contributed by atoms with van der Waals surface area (Å²) in [5.41, 5.74) is 1.04. The number of benzene rings is 1. The highest BCUT2D eigenvalue weighted by molar-refractivity contribution is 5.89. The summed E-state index contributed by atoms with van der Waals surface area (Å²) in [6.07, 6.45) is 1.95. The Balaban J connectivity index is 1.93. The van der Waals surface area contributed by atoms with Crippen molar-refractivity contribution in [3.05, 3.63) is 39.7 Å². The van der Waals surface area contributed by atoms with E-state index in [1.807, 2.05) is 26.8 Å². The topological polar surface area (TPSA) is 96.2 Å². The second kappa shape index (κ2) is 8.74. The number of ether oxygens (including phenoxy) is 4. The Morgan fingerprint density at radius 2 is 1.88 bits per heavy atom. The van der Waals surface area contributed by atoms with E-state index in [2.05, 4.69) is 0 Å². The number of carbonyl (C=O) groups is 1. The van der Waals surface area contributed by atoms with Crippen molar-refractivity contribution in [1.29, 1.82) is 0 Å². The summed E-state index contributed by atoms with van der Waals surface area (Å²) >= 11 is 0. The Labute approximate surface area is 193 Å². The number of aromatic nitrogens is 1. The zero-order valence-corrected chi connectivity index (χ0v) is 19.8. The molecule has 0 saturated heterocycles. The van der Waals surface area contributed by atoms with Gasteiger partial charge in [-0.25, -0.2) is 4.79 Å². The molecule has 1 aromatic heterocycles. The van der Waals surface area contributed by atoms with Crippen molar-refractivity contribution in [2.45, 2.75) is 52.2 Å². The molecule has 1 atom stereocenters. The molecular formula is C25H31NO7. The maximum absolute atomic E-state index is 13.2. The number of fused-ring (bicyclic) bond motifs is 3. The van der Waals surface area contributed by atoms with Gasteiger partial charge in [-0.1, -0.05) is 20.8 Å². The molecule has 8 heteroatoms. The minimum atomic E-state index is -1.23. The zero-order valence-electron chi connectivity index (χ0n) is 19.8. The molecule has 2 aromatic rings. The number of hydrogen-bond donors (Lipinski definition) is 1. The summed E-state index contributed by atoms with van der Waals surface area (Å²) in [5.74, 6) is 0.424. The van der Waals surface area contributed by atoms with E-state index in [0.717, 1.165) is 19.3 Å². The van der Waals surface area contributed by atoms with Crippen LogP contribution in [-0.2, 0) is 4.74 Å². The Bertz CT molecular complexity index is 1130. The van der Waals surface area contributed by atoms with Crippen molar-refractivity contribution in [2.24, 2.45) is 5.41 Å². The molecule has 8 nitrogen and oxygen atoms in total. The summed E-state index contributed by atoms with van der Waals surface area (Å²) in [5, 5.41) is 9.72. The molecule has 33 heavy (non-hydrogen) atoms. The van der Waals surface area contributed by atoms with Gasteiger partial charge in [-0.2, -0.15) is 0 Å². The Morgan fingerprint density at radius 3 is 2.45 bits per heavy atom. The fraction of sp³-hybridized carbons (Fsp3) is 0.520. The third-order valence-corrected chi connectivity index (χ3v) is 5.99. The lowest BCUT2D eigenvalue weighted by molar-refractivity contribution is 0.0688. The number of methoxy groups -OCH3 is 2. The Morgan fingerprint density at radius 1 is 1.15 bits per heavy atom. The van der Waals surface area contributed by atoms with Crippen molar-refractivity contribution in [3.8, 4) is 28.5 Å². The van der Waals surface area contributed by atoms with Crippen molar-refractivity contribution in [3.63, 3.8) is 0 Å². The number of pyridine rings is 1. The van der Waals surface area contributed by atoms with Crippen LogP contribution in [0.15, 0.2) is 23.0 Å². The van der Waals surface area contributed by atoms with E-state index < -0.39 is 17.6 Å². The molecule has 1 aliphatic carbocycles. The molecule has 0 radical (unpaired) electrons. The van der Waals surface area contributed by atoms with Crippen LogP contribution in [0.25, 0.3) is 11.3 Å². The fourth-order valence-electron chi connectivity index (χ4n) is 4.29. The highest BCUT2D eigenvalue weighted by Crippen LogP contribution is 2.53. The molecule has 0 spiro atoms. The van der Waals surface area contributed by atoms with Crippen molar-refractivity contribution in [2.75, 3.05) is 27.4 Å². The molecule has 1 aliphatic heterocycles. The van der Waals surface area contributed by atoms with Crippen LogP contribution in [0.1, 0.15) is 68.1 Å². The number of rotatable bonds is 8. The second-order valence-corrected chi connectivity index (χ2v) is 9.63. The first-order valence-electron chi connectivity index (χ1n) is 11.2. The largest absolute Gasteiger partial charge is 0.493 e.